The summed E-state index contributed by atoms with van der Waals surface area (Å²) in [4.78, 5) is 32.7. The molecule has 0 spiro atoms. The van der Waals surface area contributed by atoms with Gasteiger partial charge in [0.05, 0.1) is 10.5 Å². The molecule has 6 nitrogen and oxygen atoms in total. The third-order valence-electron chi connectivity index (χ3n) is 4.63. The topological polar surface area (TPSA) is 66.7 Å². The van der Waals surface area contributed by atoms with Crippen LogP contribution in [0.15, 0.2) is 40.7 Å². The summed E-state index contributed by atoms with van der Waals surface area (Å²) >= 11 is 6.60. The molecule has 1 fully saturated rings. The highest BCUT2D eigenvalue weighted by molar-refractivity contribution is 8.26. The monoisotopic (exact) mass is 414 g/mol. The minimum Gasteiger partial charge on any atom is -0.366 e. The third kappa shape index (κ3) is 3.62. The van der Waals surface area contributed by atoms with Crippen LogP contribution in [0.3, 0.4) is 0 Å². The summed E-state index contributed by atoms with van der Waals surface area (Å²) in [5.41, 5.74) is 1.54. The van der Waals surface area contributed by atoms with Gasteiger partial charge in [-0.05, 0) is 38.0 Å². The van der Waals surface area contributed by atoms with Gasteiger partial charge in [-0.1, -0.05) is 43.0 Å². The smallest absolute Gasteiger partial charge is 0.267 e. The first-order valence-electron chi connectivity index (χ1n) is 9.02. The molecule has 8 heteroatoms. The largest absolute Gasteiger partial charge is 0.366 e. The van der Waals surface area contributed by atoms with E-state index in [4.69, 9.17) is 12.2 Å². The van der Waals surface area contributed by atoms with Crippen LogP contribution in [0.1, 0.15) is 31.4 Å². The van der Waals surface area contributed by atoms with Gasteiger partial charge >= 0.3 is 0 Å². The van der Waals surface area contributed by atoms with Crippen LogP contribution in [0.5, 0.6) is 0 Å². The summed E-state index contributed by atoms with van der Waals surface area (Å²) in [6.45, 7) is 10.0. The predicted octanol–water partition coefficient (Wildman–Crippen LogP) is 3.60. The summed E-state index contributed by atoms with van der Waals surface area (Å²) < 4.78 is 2.01. The molecule has 1 atom stereocenters. The number of hydrogen-bond donors (Lipinski definition) is 1. The highest BCUT2D eigenvalue weighted by atomic mass is 32.2. The molecule has 0 bridgehead atoms. The number of nitrogens with zero attached hydrogens (tertiary/aromatic N) is 3. The number of anilines is 1. The molecule has 0 radical (unpaired) electrons. The minimum atomic E-state index is -0.242. The summed E-state index contributed by atoms with van der Waals surface area (Å²) in [5, 5.41) is 3.11. The second-order valence-corrected chi connectivity index (χ2v) is 8.22. The Bertz CT molecular complexity index is 1060. The van der Waals surface area contributed by atoms with Crippen molar-refractivity contribution in [2.24, 2.45) is 0 Å². The fourth-order valence-corrected chi connectivity index (χ4v) is 4.36. The number of fused-ring (bicyclic) bond motifs is 1. The molecule has 1 aliphatic heterocycles. The Morgan fingerprint density at radius 2 is 2.18 bits per heavy atom. The molecule has 0 aliphatic carbocycles. The van der Waals surface area contributed by atoms with Crippen LogP contribution in [-0.2, 0) is 4.79 Å². The number of nitrogens with one attached hydrogen (secondary N) is 1. The van der Waals surface area contributed by atoms with Crippen molar-refractivity contribution in [1.82, 2.24) is 14.3 Å². The van der Waals surface area contributed by atoms with Crippen molar-refractivity contribution in [2.75, 3.05) is 11.9 Å². The molecule has 2 aromatic rings. The number of thiocarbonyl (C=S) groups is 1. The third-order valence-corrected chi connectivity index (χ3v) is 5.96. The molecule has 3 heterocycles. The van der Waals surface area contributed by atoms with Gasteiger partial charge in [0, 0.05) is 18.8 Å². The van der Waals surface area contributed by atoms with Crippen LogP contribution in [0.2, 0.25) is 0 Å². The number of thioether (sulfide) groups is 1. The van der Waals surface area contributed by atoms with Gasteiger partial charge in [0.2, 0.25) is 0 Å². The van der Waals surface area contributed by atoms with E-state index in [9.17, 15) is 9.59 Å². The van der Waals surface area contributed by atoms with Gasteiger partial charge in [-0.2, -0.15) is 0 Å². The van der Waals surface area contributed by atoms with E-state index in [1.807, 2.05) is 26.8 Å². The lowest BCUT2D eigenvalue weighted by molar-refractivity contribution is -0.123. The van der Waals surface area contributed by atoms with Crippen LogP contribution in [0.25, 0.3) is 11.7 Å². The number of rotatable bonds is 6. The molecular weight excluding hydrogens is 392 g/mol. The number of carbonyl (C=O) groups excluding carboxylic acids is 1. The molecule has 0 saturated carbocycles. The normalized spacial score (nSPS) is 16.8. The van der Waals surface area contributed by atoms with Crippen molar-refractivity contribution < 1.29 is 4.79 Å². The van der Waals surface area contributed by atoms with Crippen LogP contribution >= 0.6 is 24.0 Å². The molecule has 146 valence electrons. The zero-order valence-electron chi connectivity index (χ0n) is 16.1. The molecule has 2 aromatic heterocycles. The first kappa shape index (κ1) is 20.3. The zero-order valence-corrected chi connectivity index (χ0v) is 17.7. The molecule has 1 N–H and O–H groups in total. The number of aryl methyl sites for hydroxylation is 1. The maximum Gasteiger partial charge on any atom is 0.267 e. The standard InChI is InChI=1S/C20H22N4O2S2/c1-5-9-21-16-14(18(25)23-10-7-8-12(3)17(23)22-16)11-15-19(26)24(13(4)6-2)20(27)28-15/h5,7-8,10-11,13,21H,1,6,9H2,2-4H3. The van der Waals surface area contributed by atoms with Crippen molar-refractivity contribution >= 4 is 51.7 Å². The van der Waals surface area contributed by atoms with Crippen molar-refractivity contribution in [1.29, 1.82) is 0 Å². The van der Waals surface area contributed by atoms with Gasteiger partial charge in [0.15, 0.2) is 0 Å². The average Bonchev–Trinajstić information content (AvgIpc) is 2.96. The van der Waals surface area contributed by atoms with E-state index >= 15 is 0 Å². The highest BCUT2D eigenvalue weighted by Gasteiger charge is 2.35. The summed E-state index contributed by atoms with van der Waals surface area (Å²) in [7, 11) is 0. The fraction of sp³-hybridized carbons (Fsp3) is 0.300. The Hall–Kier alpha value is -2.45. The van der Waals surface area contributed by atoms with Crippen LogP contribution in [-0.4, -0.2) is 37.1 Å². The average molecular weight is 415 g/mol. The molecule has 3 rings (SSSR count). The second-order valence-electron chi connectivity index (χ2n) is 6.54. The van der Waals surface area contributed by atoms with Crippen LogP contribution in [0, 0.1) is 6.92 Å². The predicted molar refractivity (Wildman–Crippen MR) is 120 cm³/mol. The van der Waals surface area contributed by atoms with E-state index < -0.39 is 0 Å². The first-order chi connectivity index (χ1) is 13.4. The molecule has 1 unspecified atom stereocenters. The Labute approximate surface area is 173 Å². The van der Waals surface area contributed by atoms with Gasteiger partial charge < -0.3 is 5.32 Å². The van der Waals surface area contributed by atoms with Gasteiger partial charge in [-0.3, -0.25) is 18.9 Å². The van der Waals surface area contributed by atoms with Crippen LogP contribution < -0.4 is 10.9 Å². The Morgan fingerprint density at radius 3 is 2.86 bits per heavy atom. The maximum absolute atomic E-state index is 13.2. The summed E-state index contributed by atoms with van der Waals surface area (Å²) in [6.07, 6.45) is 5.76. The molecule has 1 aliphatic rings. The highest BCUT2D eigenvalue weighted by Crippen LogP contribution is 2.34. The molecular formula is C20H22N4O2S2. The lowest BCUT2D eigenvalue weighted by atomic mass is 10.2. The number of hydrogen-bond acceptors (Lipinski definition) is 6. The maximum atomic E-state index is 13.2. The Kier molecular flexibility index (Phi) is 6.00. The van der Waals surface area contributed by atoms with Crippen LogP contribution in [0.4, 0.5) is 5.82 Å². The second kappa shape index (κ2) is 8.28. The minimum absolute atomic E-state index is 0.00948. The van der Waals surface area contributed by atoms with E-state index in [0.717, 1.165) is 12.0 Å². The molecule has 28 heavy (non-hydrogen) atoms. The van der Waals surface area contributed by atoms with E-state index in [1.165, 1.54) is 16.2 Å². The number of aromatic nitrogens is 2. The lowest BCUT2D eigenvalue weighted by Crippen LogP contribution is -2.36. The molecule has 1 amide bonds. The first-order valence-corrected chi connectivity index (χ1v) is 10.2. The summed E-state index contributed by atoms with van der Waals surface area (Å²) in [6, 6.07) is 3.71. The number of pyridine rings is 1. The fourth-order valence-electron chi connectivity index (χ4n) is 2.92. The van der Waals surface area contributed by atoms with Gasteiger partial charge in [0.25, 0.3) is 11.5 Å². The SMILES string of the molecule is C=CCNc1nc2c(C)cccn2c(=O)c1C=C1SC(=S)N(C(C)CC)C1=O. The van der Waals surface area contributed by atoms with Crippen molar-refractivity contribution in [3.8, 4) is 0 Å². The molecule has 1 saturated heterocycles. The van der Waals surface area contributed by atoms with Gasteiger partial charge in [-0.15, -0.1) is 6.58 Å². The number of carbonyl (C=O) groups is 1. The van der Waals surface area contributed by atoms with E-state index in [1.54, 1.807) is 29.3 Å². The van der Waals surface area contributed by atoms with Gasteiger partial charge in [0.1, 0.15) is 15.8 Å². The Morgan fingerprint density at radius 1 is 1.43 bits per heavy atom. The van der Waals surface area contributed by atoms with Gasteiger partial charge in [-0.25, -0.2) is 4.98 Å². The summed E-state index contributed by atoms with van der Waals surface area (Å²) in [5.74, 6) is 0.251. The van der Waals surface area contributed by atoms with Crippen molar-refractivity contribution in [2.45, 2.75) is 33.2 Å². The zero-order chi connectivity index (χ0) is 20.4. The van der Waals surface area contributed by atoms with Crippen molar-refractivity contribution in [3.63, 3.8) is 0 Å². The van der Waals surface area contributed by atoms with E-state index in [-0.39, 0.29) is 17.5 Å². The van der Waals surface area contributed by atoms with E-state index in [2.05, 4.69) is 16.9 Å². The molecule has 0 aromatic carbocycles. The Balaban J connectivity index is 2.17. The van der Waals surface area contributed by atoms with Crippen molar-refractivity contribution in [3.05, 3.63) is 57.4 Å². The number of amides is 1. The quantitative estimate of drug-likeness (QED) is 0.443. The van der Waals surface area contributed by atoms with E-state index in [0.29, 0.717) is 32.8 Å². The lowest BCUT2D eigenvalue weighted by Gasteiger charge is -2.21.